The summed E-state index contributed by atoms with van der Waals surface area (Å²) >= 11 is 0. The monoisotopic (exact) mass is 375 g/mol. The fourth-order valence-corrected chi connectivity index (χ4v) is 2.17. The topological polar surface area (TPSA) is 96.3 Å². The summed E-state index contributed by atoms with van der Waals surface area (Å²) in [6, 6.07) is 18.2. The van der Waals surface area contributed by atoms with Gasteiger partial charge in [0.05, 0.1) is 13.7 Å². The second kappa shape index (κ2) is 12.3. The van der Waals surface area contributed by atoms with Gasteiger partial charge in [-0.15, -0.1) is 0 Å². The van der Waals surface area contributed by atoms with Gasteiger partial charge in [-0.05, 0) is 43.3 Å². The fourth-order valence-electron chi connectivity index (χ4n) is 2.17. The number of carboxylic acid groups (broad SMARTS) is 2. The normalized spacial score (nSPS) is 9.89. The molecule has 0 aliphatic rings. The van der Waals surface area contributed by atoms with Crippen LogP contribution in [0.5, 0.6) is 11.5 Å². The number of aliphatic carboxylic acids is 2. The van der Waals surface area contributed by atoms with E-state index < -0.39 is 11.9 Å². The van der Waals surface area contributed by atoms with E-state index in [9.17, 15) is 0 Å². The summed E-state index contributed by atoms with van der Waals surface area (Å²) in [4.78, 5) is 20.5. The van der Waals surface area contributed by atoms with E-state index in [1.165, 1.54) is 5.56 Å². The lowest BCUT2D eigenvalue weighted by molar-refractivity contribution is -0.159. The minimum atomic E-state index is -1.82. The van der Waals surface area contributed by atoms with Gasteiger partial charge in [0.1, 0.15) is 11.5 Å². The highest BCUT2D eigenvalue weighted by Crippen LogP contribution is 2.17. The third-order valence-electron chi connectivity index (χ3n) is 3.49. The van der Waals surface area contributed by atoms with Crippen LogP contribution in [0.1, 0.15) is 12.0 Å². The Hall–Kier alpha value is -3.06. The van der Waals surface area contributed by atoms with Crippen LogP contribution in [0.4, 0.5) is 0 Å². The molecule has 0 fully saturated rings. The van der Waals surface area contributed by atoms with Crippen molar-refractivity contribution >= 4 is 11.9 Å². The molecule has 0 heterocycles. The number of hydrogen-bond donors (Lipinski definition) is 2. The summed E-state index contributed by atoms with van der Waals surface area (Å²) < 4.78 is 10.8. The van der Waals surface area contributed by atoms with Gasteiger partial charge in [-0.3, -0.25) is 0 Å². The fraction of sp³-hybridized carbons (Fsp3) is 0.300. The van der Waals surface area contributed by atoms with Gasteiger partial charge in [0, 0.05) is 13.1 Å². The maximum absolute atomic E-state index is 9.10. The number of carbonyl (C=O) groups is 2. The standard InChI is InChI=1S/C18H23NO2.C2H2O4/c1-19(15-16-7-4-3-5-8-16)13-6-14-21-18-11-9-17(20-2)10-12-18;3-1(4)2(5)6/h3-5,7-12H,6,13-15H2,1-2H3;(H,3,4)(H,5,6). The van der Waals surface area contributed by atoms with Crippen molar-refractivity contribution < 1.29 is 29.3 Å². The van der Waals surface area contributed by atoms with Gasteiger partial charge in [-0.1, -0.05) is 30.3 Å². The van der Waals surface area contributed by atoms with Crippen molar-refractivity contribution in [3.8, 4) is 11.5 Å². The zero-order valence-electron chi connectivity index (χ0n) is 15.5. The van der Waals surface area contributed by atoms with E-state index >= 15 is 0 Å². The highest BCUT2D eigenvalue weighted by Gasteiger charge is 2.04. The van der Waals surface area contributed by atoms with E-state index in [1.807, 2.05) is 30.3 Å². The van der Waals surface area contributed by atoms with Crippen LogP contribution in [-0.4, -0.2) is 54.4 Å². The number of benzene rings is 2. The first-order valence-electron chi connectivity index (χ1n) is 8.38. The third-order valence-corrected chi connectivity index (χ3v) is 3.49. The largest absolute Gasteiger partial charge is 0.497 e. The summed E-state index contributed by atoms with van der Waals surface area (Å²) in [6.45, 7) is 2.72. The zero-order valence-corrected chi connectivity index (χ0v) is 15.5. The molecular weight excluding hydrogens is 350 g/mol. The summed E-state index contributed by atoms with van der Waals surface area (Å²) in [5.74, 6) is -1.91. The Bertz CT molecular complexity index is 675. The van der Waals surface area contributed by atoms with E-state index in [0.717, 1.165) is 37.6 Å². The highest BCUT2D eigenvalue weighted by molar-refractivity contribution is 6.27. The molecule has 0 radical (unpaired) electrons. The Kier molecular flexibility index (Phi) is 10.0. The Labute approximate surface area is 158 Å². The number of hydrogen-bond acceptors (Lipinski definition) is 5. The molecular formula is C20H25NO6. The molecule has 0 aromatic heterocycles. The molecule has 0 saturated carbocycles. The van der Waals surface area contributed by atoms with Gasteiger partial charge >= 0.3 is 11.9 Å². The van der Waals surface area contributed by atoms with Crippen LogP contribution in [0.15, 0.2) is 54.6 Å². The molecule has 0 aliphatic heterocycles. The lowest BCUT2D eigenvalue weighted by Gasteiger charge is -2.16. The Morgan fingerprint density at radius 2 is 1.48 bits per heavy atom. The van der Waals surface area contributed by atoms with Crippen LogP contribution in [0, 0.1) is 0 Å². The number of carboxylic acids is 2. The molecule has 0 unspecified atom stereocenters. The summed E-state index contributed by atoms with van der Waals surface area (Å²) in [5.41, 5.74) is 1.34. The van der Waals surface area contributed by atoms with E-state index in [1.54, 1.807) is 7.11 Å². The van der Waals surface area contributed by atoms with Crippen molar-refractivity contribution in [3.05, 3.63) is 60.2 Å². The van der Waals surface area contributed by atoms with Crippen molar-refractivity contribution in [1.82, 2.24) is 4.90 Å². The first kappa shape index (κ1) is 22.0. The van der Waals surface area contributed by atoms with E-state index in [0.29, 0.717) is 0 Å². The van der Waals surface area contributed by atoms with Crippen molar-refractivity contribution in [3.63, 3.8) is 0 Å². The molecule has 0 saturated heterocycles. The van der Waals surface area contributed by atoms with Crippen LogP contribution in [-0.2, 0) is 16.1 Å². The second-order valence-electron chi connectivity index (χ2n) is 5.71. The molecule has 0 aliphatic carbocycles. The summed E-state index contributed by atoms with van der Waals surface area (Å²) in [7, 11) is 3.80. The number of methoxy groups -OCH3 is 1. The molecule has 0 atom stereocenters. The Balaban J connectivity index is 0.000000527. The van der Waals surface area contributed by atoms with Crippen LogP contribution in [0.3, 0.4) is 0 Å². The predicted octanol–water partition coefficient (Wildman–Crippen LogP) is 2.75. The Morgan fingerprint density at radius 1 is 0.926 bits per heavy atom. The van der Waals surface area contributed by atoms with Gasteiger partial charge in [-0.25, -0.2) is 9.59 Å². The number of nitrogens with zero attached hydrogens (tertiary/aromatic N) is 1. The maximum atomic E-state index is 9.10. The average molecular weight is 375 g/mol. The van der Waals surface area contributed by atoms with Crippen molar-refractivity contribution in [2.45, 2.75) is 13.0 Å². The molecule has 146 valence electrons. The predicted molar refractivity (Wildman–Crippen MR) is 101 cm³/mol. The maximum Gasteiger partial charge on any atom is 0.414 e. The average Bonchev–Trinajstić information content (AvgIpc) is 2.67. The molecule has 7 heteroatoms. The molecule has 2 rings (SSSR count). The zero-order chi connectivity index (χ0) is 20.1. The first-order valence-corrected chi connectivity index (χ1v) is 8.38. The summed E-state index contributed by atoms with van der Waals surface area (Å²) in [5, 5.41) is 14.8. The summed E-state index contributed by atoms with van der Waals surface area (Å²) in [6.07, 6.45) is 1.01. The molecule has 2 aromatic rings. The molecule has 2 N–H and O–H groups in total. The van der Waals surface area contributed by atoms with Gasteiger partial charge in [0.25, 0.3) is 0 Å². The molecule has 27 heavy (non-hydrogen) atoms. The molecule has 2 aromatic carbocycles. The van der Waals surface area contributed by atoms with Crippen LogP contribution in [0.25, 0.3) is 0 Å². The van der Waals surface area contributed by atoms with Crippen LogP contribution < -0.4 is 9.47 Å². The minimum absolute atomic E-state index is 0.728. The number of rotatable bonds is 8. The van der Waals surface area contributed by atoms with Crippen LogP contribution in [0.2, 0.25) is 0 Å². The van der Waals surface area contributed by atoms with Crippen LogP contribution >= 0.6 is 0 Å². The van der Waals surface area contributed by atoms with Gasteiger partial charge < -0.3 is 24.6 Å². The molecule has 0 spiro atoms. The SMILES string of the molecule is COc1ccc(OCCCN(C)Cc2ccccc2)cc1.O=C(O)C(=O)O. The minimum Gasteiger partial charge on any atom is -0.497 e. The Morgan fingerprint density at radius 3 is 2.00 bits per heavy atom. The van der Waals surface area contributed by atoms with E-state index in [-0.39, 0.29) is 0 Å². The number of ether oxygens (including phenoxy) is 2. The van der Waals surface area contributed by atoms with Crippen molar-refractivity contribution in [2.75, 3.05) is 27.3 Å². The lowest BCUT2D eigenvalue weighted by Crippen LogP contribution is -2.20. The van der Waals surface area contributed by atoms with E-state index in [4.69, 9.17) is 29.3 Å². The van der Waals surface area contributed by atoms with Gasteiger partial charge in [-0.2, -0.15) is 0 Å². The van der Waals surface area contributed by atoms with E-state index in [2.05, 4.69) is 36.2 Å². The first-order chi connectivity index (χ1) is 12.9. The highest BCUT2D eigenvalue weighted by atomic mass is 16.5. The molecule has 0 bridgehead atoms. The smallest absolute Gasteiger partial charge is 0.414 e. The van der Waals surface area contributed by atoms with Crippen molar-refractivity contribution in [2.24, 2.45) is 0 Å². The van der Waals surface area contributed by atoms with Crippen molar-refractivity contribution in [1.29, 1.82) is 0 Å². The van der Waals surface area contributed by atoms with Gasteiger partial charge in [0.15, 0.2) is 0 Å². The van der Waals surface area contributed by atoms with Gasteiger partial charge in [0.2, 0.25) is 0 Å². The molecule has 7 nitrogen and oxygen atoms in total. The molecule has 0 amide bonds. The lowest BCUT2D eigenvalue weighted by atomic mass is 10.2. The second-order valence-corrected chi connectivity index (χ2v) is 5.71. The third kappa shape index (κ3) is 9.86. The quantitative estimate of drug-likeness (QED) is 0.541.